The molecule has 0 bridgehead atoms. The highest BCUT2D eigenvalue weighted by Gasteiger charge is 2.22. The SMILES string of the molecule is C=C(/C(=C/C)c1nc(-c2cccc(-c3ccccc3)c2)cnc1C)C(C)(C)C. The molecular weight excluding hydrogens is 340 g/mol. The van der Waals surface area contributed by atoms with Crippen LogP contribution in [0.15, 0.2) is 79.0 Å². The highest BCUT2D eigenvalue weighted by atomic mass is 14.8. The summed E-state index contributed by atoms with van der Waals surface area (Å²) in [5, 5.41) is 0. The predicted molar refractivity (Wildman–Crippen MR) is 120 cm³/mol. The van der Waals surface area contributed by atoms with Crippen molar-refractivity contribution in [2.75, 3.05) is 0 Å². The van der Waals surface area contributed by atoms with Crippen molar-refractivity contribution in [2.45, 2.75) is 34.6 Å². The number of benzene rings is 2. The molecule has 0 unspecified atom stereocenters. The molecule has 0 saturated carbocycles. The van der Waals surface area contributed by atoms with Gasteiger partial charge in [-0.25, -0.2) is 4.98 Å². The van der Waals surface area contributed by atoms with Gasteiger partial charge in [-0.2, -0.15) is 0 Å². The zero-order chi connectivity index (χ0) is 20.3. The molecule has 0 spiro atoms. The number of aryl methyl sites for hydroxylation is 1. The van der Waals surface area contributed by atoms with Gasteiger partial charge >= 0.3 is 0 Å². The van der Waals surface area contributed by atoms with Crippen molar-refractivity contribution in [2.24, 2.45) is 5.41 Å². The van der Waals surface area contributed by atoms with Crippen LogP contribution in [0.3, 0.4) is 0 Å². The summed E-state index contributed by atoms with van der Waals surface area (Å²) in [5.41, 5.74) is 8.24. The molecule has 2 nitrogen and oxygen atoms in total. The molecule has 0 radical (unpaired) electrons. The lowest BCUT2D eigenvalue weighted by molar-refractivity contribution is 0.522. The Morgan fingerprint density at radius 2 is 1.57 bits per heavy atom. The lowest BCUT2D eigenvalue weighted by atomic mass is 9.81. The molecule has 142 valence electrons. The van der Waals surface area contributed by atoms with E-state index in [2.05, 4.69) is 86.9 Å². The van der Waals surface area contributed by atoms with Gasteiger partial charge in [0.05, 0.1) is 23.3 Å². The Labute approximate surface area is 168 Å². The molecule has 0 amide bonds. The predicted octanol–water partition coefficient (Wildman–Crippen LogP) is 7.12. The largest absolute Gasteiger partial charge is 0.257 e. The second kappa shape index (κ2) is 7.93. The Bertz CT molecular complexity index is 1020. The third kappa shape index (κ3) is 4.12. The van der Waals surface area contributed by atoms with E-state index < -0.39 is 0 Å². The summed E-state index contributed by atoms with van der Waals surface area (Å²) in [7, 11) is 0. The van der Waals surface area contributed by atoms with Crippen molar-refractivity contribution in [1.82, 2.24) is 9.97 Å². The van der Waals surface area contributed by atoms with Gasteiger partial charge < -0.3 is 0 Å². The number of rotatable bonds is 4. The van der Waals surface area contributed by atoms with Crippen LogP contribution in [0.4, 0.5) is 0 Å². The fourth-order valence-electron chi connectivity index (χ4n) is 3.19. The van der Waals surface area contributed by atoms with Gasteiger partial charge in [-0.05, 0) is 42.0 Å². The van der Waals surface area contributed by atoms with Gasteiger partial charge in [0.15, 0.2) is 0 Å². The zero-order valence-corrected chi connectivity index (χ0v) is 17.5. The second-order valence-corrected chi connectivity index (χ2v) is 8.07. The first-order chi connectivity index (χ1) is 13.3. The van der Waals surface area contributed by atoms with E-state index in [-0.39, 0.29) is 5.41 Å². The molecule has 0 aliphatic rings. The smallest absolute Gasteiger partial charge is 0.0921 e. The van der Waals surface area contributed by atoms with Gasteiger partial charge in [-0.15, -0.1) is 0 Å². The van der Waals surface area contributed by atoms with Crippen LogP contribution < -0.4 is 0 Å². The molecule has 2 heteroatoms. The van der Waals surface area contributed by atoms with Gasteiger partial charge in [-0.1, -0.05) is 82.0 Å². The minimum Gasteiger partial charge on any atom is -0.257 e. The van der Waals surface area contributed by atoms with Crippen LogP contribution in [0.1, 0.15) is 39.1 Å². The van der Waals surface area contributed by atoms with Crippen molar-refractivity contribution in [3.05, 3.63) is 90.4 Å². The Morgan fingerprint density at radius 1 is 0.929 bits per heavy atom. The minimum absolute atomic E-state index is 0.0286. The first-order valence-corrected chi connectivity index (χ1v) is 9.67. The van der Waals surface area contributed by atoms with E-state index in [0.29, 0.717) is 0 Å². The fourth-order valence-corrected chi connectivity index (χ4v) is 3.19. The molecule has 0 saturated heterocycles. The number of aromatic nitrogens is 2. The van der Waals surface area contributed by atoms with E-state index >= 15 is 0 Å². The standard InChI is InChI=1S/C26H28N2/c1-7-23(18(2)26(4,5)6)25-19(3)27-17-24(28-25)22-15-11-14-21(16-22)20-12-9-8-10-13-20/h7-17H,2H2,1,3-6H3/b23-7-. The number of allylic oxidation sites excluding steroid dienone is 3. The van der Waals surface area contributed by atoms with Crippen LogP contribution in [0.5, 0.6) is 0 Å². The maximum Gasteiger partial charge on any atom is 0.0921 e. The van der Waals surface area contributed by atoms with Crippen LogP contribution in [0.2, 0.25) is 0 Å². The van der Waals surface area contributed by atoms with E-state index in [1.54, 1.807) is 0 Å². The molecule has 1 aromatic heterocycles. The first kappa shape index (κ1) is 19.8. The molecular formula is C26H28N2. The third-order valence-corrected chi connectivity index (χ3v) is 5.00. The quantitative estimate of drug-likeness (QED) is 0.458. The monoisotopic (exact) mass is 368 g/mol. The highest BCUT2D eigenvalue weighted by molar-refractivity contribution is 5.80. The van der Waals surface area contributed by atoms with E-state index in [0.717, 1.165) is 33.8 Å². The maximum atomic E-state index is 4.99. The third-order valence-electron chi connectivity index (χ3n) is 5.00. The van der Waals surface area contributed by atoms with Gasteiger partial charge in [0.2, 0.25) is 0 Å². The number of nitrogens with zero attached hydrogens (tertiary/aromatic N) is 2. The molecule has 1 heterocycles. The fraction of sp³-hybridized carbons (Fsp3) is 0.231. The van der Waals surface area contributed by atoms with E-state index in [1.165, 1.54) is 11.1 Å². The zero-order valence-electron chi connectivity index (χ0n) is 17.5. The molecule has 3 rings (SSSR count). The van der Waals surface area contributed by atoms with Gasteiger partial charge in [-0.3, -0.25) is 4.98 Å². The van der Waals surface area contributed by atoms with Crippen LogP contribution in [-0.2, 0) is 0 Å². The van der Waals surface area contributed by atoms with Crippen molar-refractivity contribution in [3.8, 4) is 22.4 Å². The summed E-state index contributed by atoms with van der Waals surface area (Å²) in [4.78, 5) is 9.64. The maximum absolute atomic E-state index is 4.99. The average molecular weight is 369 g/mol. The van der Waals surface area contributed by atoms with Gasteiger partial charge in [0.1, 0.15) is 0 Å². The summed E-state index contributed by atoms with van der Waals surface area (Å²) < 4.78 is 0. The lowest BCUT2D eigenvalue weighted by Gasteiger charge is -2.24. The van der Waals surface area contributed by atoms with Crippen LogP contribution in [-0.4, -0.2) is 9.97 Å². The van der Waals surface area contributed by atoms with E-state index in [1.807, 2.05) is 26.1 Å². The average Bonchev–Trinajstić information content (AvgIpc) is 2.70. The number of hydrogen-bond acceptors (Lipinski definition) is 2. The normalized spacial score (nSPS) is 12.1. The van der Waals surface area contributed by atoms with E-state index in [9.17, 15) is 0 Å². The van der Waals surface area contributed by atoms with Crippen molar-refractivity contribution >= 4 is 5.57 Å². The Morgan fingerprint density at radius 3 is 2.21 bits per heavy atom. The van der Waals surface area contributed by atoms with Crippen LogP contribution >= 0.6 is 0 Å². The van der Waals surface area contributed by atoms with Gasteiger partial charge in [0.25, 0.3) is 0 Å². The Balaban J connectivity index is 2.06. The van der Waals surface area contributed by atoms with Crippen molar-refractivity contribution in [3.63, 3.8) is 0 Å². The van der Waals surface area contributed by atoms with Crippen LogP contribution in [0, 0.1) is 12.3 Å². The Hall–Kier alpha value is -3.00. The molecule has 3 aromatic rings. The molecule has 0 N–H and O–H groups in total. The second-order valence-electron chi connectivity index (χ2n) is 8.07. The summed E-state index contributed by atoms with van der Waals surface area (Å²) in [6.07, 6.45) is 3.95. The topological polar surface area (TPSA) is 25.8 Å². The molecule has 0 atom stereocenters. The Kier molecular flexibility index (Phi) is 5.60. The van der Waals surface area contributed by atoms with Crippen molar-refractivity contribution in [1.29, 1.82) is 0 Å². The molecule has 0 fully saturated rings. The summed E-state index contributed by atoms with van der Waals surface area (Å²) in [6.45, 7) is 14.9. The molecule has 2 aromatic carbocycles. The van der Waals surface area contributed by atoms with Crippen molar-refractivity contribution < 1.29 is 0 Å². The molecule has 0 aliphatic heterocycles. The first-order valence-electron chi connectivity index (χ1n) is 9.67. The molecule has 0 aliphatic carbocycles. The van der Waals surface area contributed by atoms with Crippen LogP contribution in [0.25, 0.3) is 28.0 Å². The number of hydrogen-bond donors (Lipinski definition) is 0. The summed E-state index contributed by atoms with van der Waals surface area (Å²) in [6, 6.07) is 18.9. The highest BCUT2D eigenvalue weighted by Crippen LogP contribution is 2.36. The van der Waals surface area contributed by atoms with Gasteiger partial charge in [0, 0.05) is 11.1 Å². The minimum atomic E-state index is -0.0286. The lowest BCUT2D eigenvalue weighted by Crippen LogP contribution is -2.12. The summed E-state index contributed by atoms with van der Waals surface area (Å²) in [5.74, 6) is 0. The summed E-state index contributed by atoms with van der Waals surface area (Å²) >= 11 is 0. The van der Waals surface area contributed by atoms with E-state index in [4.69, 9.17) is 4.98 Å². The molecule has 28 heavy (non-hydrogen) atoms.